The number of H-pyrrole nitrogens is 1. The summed E-state index contributed by atoms with van der Waals surface area (Å²) in [6.07, 6.45) is 0.431. The van der Waals surface area contributed by atoms with Crippen LogP contribution in [0.2, 0.25) is 0 Å². The van der Waals surface area contributed by atoms with Crippen LogP contribution in [0.5, 0.6) is 5.75 Å². The molecule has 0 aliphatic carbocycles. The molecule has 0 unspecified atom stereocenters. The maximum absolute atomic E-state index is 12.9. The van der Waals surface area contributed by atoms with Gasteiger partial charge in [0, 0.05) is 42.4 Å². The van der Waals surface area contributed by atoms with Gasteiger partial charge in [0.2, 0.25) is 0 Å². The van der Waals surface area contributed by atoms with Gasteiger partial charge in [-0.1, -0.05) is 0 Å². The van der Waals surface area contributed by atoms with E-state index in [2.05, 4.69) is 20.8 Å². The van der Waals surface area contributed by atoms with Crippen molar-refractivity contribution in [3.8, 4) is 5.75 Å². The van der Waals surface area contributed by atoms with Gasteiger partial charge in [-0.15, -0.1) is 13.2 Å². The number of carbonyl (C=O) groups is 1. The summed E-state index contributed by atoms with van der Waals surface area (Å²) < 4.78 is 46.6. The summed E-state index contributed by atoms with van der Waals surface area (Å²) in [5, 5.41) is 1.20. The van der Waals surface area contributed by atoms with Crippen molar-refractivity contribution in [2.45, 2.75) is 38.0 Å². The third-order valence-corrected chi connectivity index (χ3v) is 6.47. The lowest BCUT2D eigenvalue weighted by atomic mass is 9.86. The maximum Gasteiger partial charge on any atom is 0.573 e. The third-order valence-electron chi connectivity index (χ3n) is 6.47. The topological polar surface area (TPSA) is 67.5 Å². The van der Waals surface area contributed by atoms with Crippen molar-refractivity contribution < 1.29 is 27.4 Å². The maximum atomic E-state index is 12.9. The van der Waals surface area contributed by atoms with Gasteiger partial charge in [0.25, 0.3) is 5.91 Å². The molecular weight excluding hydrogens is 435 g/mol. The zero-order chi connectivity index (χ0) is 23.0. The largest absolute Gasteiger partial charge is 0.573 e. The number of aromatic amines is 1. The van der Waals surface area contributed by atoms with Gasteiger partial charge in [-0.05, 0) is 66.6 Å². The van der Waals surface area contributed by atoms with Crippen LogP contribution in [0.15, 0.2) is 36.5 Å². The second-order valence-electron chi connectivity index (χ2n) is 8.46. The first-order chi connectivity index (χ1) is 15.9. The van der Waals surface area contributed by atoms with E-state index >= 15 is 0 Å². The molecule has 1 fully saturated rings. The number of halogens is 3. The lowest BCUT2D eigenvalue weighted by Crippen LogP contribution is -2.38. The molecule has 1 saturated heterocycles. The highest BCUT2D eigenvalue weighted by molar-refractivity contribution is 5.94. The summed E-state index contributed by atoms with van der Waals surface area (Å²) in [5.74, 6) is -0.207. The summed E-state index contributed by atoms with van der Waals surface area (Å²) in [7, 11) is 0. The van der Waals surface area contributed by atoms with Crippen molar-refractivity contribution in [2.24, 2.45) is 0 Å². The Morgan fingerprint density at radius 2 is 1.82 bits per heavy atom. The number of piperidine rings is 1. The van der Waals surface area contributed by atoms with Crippen LogP contribution in [0.1, 0.15) is 45.9 Å². The van der Waals surface area contributed by atoms with Gasteiger partial charge in [0.1, 0.15) is 11.4 Å². The lowest BCUT2D eigenvalue weighted by molar-refractivity contribution is -0.274. The molecule has 5 rings (SSSR count). The first kappa shape index (κ1) is 21.8. The number of carbonyl (C=O) groups excluding carboxylic acids is 1. The zero-order valence-corrected chi connectivity index (χ0v) is 18.0. The minimum atomic E-state index is -4.75. The Kier molecular flexibility index (Phi) is 5.74. The normalized spacial score (nSPS) is 17.6. The van der Waals surface area contributed by atoms with Crippen LogP contribution in [0.3, 0.4) is 0 Å². The van der Waals surface area contributed by atoms with Crippen molar-refractivity contribution in [1.82, 2.24) is 14.9 Å². The predicted octanol–water partition coefficient (Wildman–Crippen LogP) is 4.60. The van der Waals surface area contributed by atoms with Gasteiger partial charge in [-0.3, -0.25) is 4.79 Å². The summed E-state index contributed by atoms with van der Waals surface area (Å²) >= 11 is 0. The highest BCUT2D eigenvalue weighted by atomic mass is 19.4. The number of aromatic nitrogens is 2. The van der Waals surface area contributed by atoms with Crippen LogP contribution in [-0.4, -0.2) is 53.4 Å². The molecule has 174 valence electrons. The number of hydrogen-bond acceptors (Lipinski definition) is 4. The van der Waals surface area contributed by atoms with Crippen LogP contribution in [-0.2, 0) is 17.6 Å². The van der Waals surface area contributed by atoms with Gasteiger partial charge in [0.15, 0.2) is 0 Å². The minimum absolute atomic E-state index is 0.181. The van der Waals surface area contributed by atoms with E-state index in [4.69, 9.17) is 4.74 Å². The van der Waals surface area contributed by atoms with Gasteiger partial charge in [0.05, 0.1) is 13.2 Å². The smallest absolute Gasteiger partial charge is 0.406 e. The van der Waals surface area contributed by atoms with E-state index in [-0.39, 0.29) is 11.7 Å². The molecule has 4 heterocycles. The Labute approximate surface area is 188 Å². The molecule has 1 N–H and O–H groups in total. The number of nitrogens with one attached hydrogen (secondary N) is 1. The van der Waals surface area contributed by atoms with E-state index in [0.717, 1.165) is 31.3 Å². The zero-order valence-electron chi connectivity index (χ0n) is 18.0. The van der Waals surface area contributed by atoms with Gasteiger partial charge >= 0.3 is 6.36 Å². The molecule has 33 heavy (non-hydrogen) atoms. The number of alkyl halides is 3. The second-order valence-corrected chi connectivity index (χ2v) is 8.46. The first-order valence-electron chi connectivity index (χ1n) is 11.1. The summed E-state index contributed by atoms with van der Waals surface area (Å²) in [6, 6.07) is 7.17. The molecule has 0 radical (unpaired) electrons. The van der Waals surface area contributed by atoms with E-state index in [9.17, 15) is 18.0 Å². The summed E-state index contributed by atoms with van der Waals surface area (Å²) in [4.78, 5) is 22.6. The van der Waals surface area contributed by atoms with Crippen LogP contribution < -0.4 is 4.74 Å². The number of hydrogen-bond donors (Lipinski definition) is 1. The van der Waals surface area contributed by atoms with Crippen LogP contribution in [0.25, 0.3) is 11.0 Å². The van der Waals surface area contributed by atoms with E-state index in [1.165, 1.54) is 46.5 Å². The number of pyridine rings is 1. The summed E-state index contributed by atoms with van der Waals surface area (Å²) in [5.41, 5.74) is 5.03. The van der Waals surface area contributed by atoms with Gasteiger partial charge in [-0.25, -0.2) is 4.98 Å². The number of ether oxygens (including phenoxy) is 2. The second kappa shape index (κ2) is 8.70. The number of rotatable bonds is 3. The molecule has 1 amide bonds. The van der Waals surface area contributed by atoms with Crippen LogP contribution in [0.4, 0.5) is 13.2 Å². The molecule has 1 aromatic carbocycles. The van der Waals surface area contributed by atoms with Crippen molar-refractivity contribution >= 4 is 16.9 Å². The molecule has 0 atom stereocenters. The molecule has 2 aromatic heterocycles. The quantitative estimate of drug-likeness (QED) is 0.622. The molecule has 2 aliphatic rings. The van der Waals surface area contributed by atoms with Crippen LogP contribution in [0, 0.1) is 0 Å². The van der Waals surface area contributed by atoms with Gasteiger partial charge in [-0.2, -0.15) is 0 Å². The van der Waals surface area contributed by atoms with E-state index in [1.807, 2.05) is 6.20 Å². The fourth-order valence-corrected chi connectivity index (χ4v) is 4.91. The average molecular weight is 459 g/mol. The SMILES string of the molecule is O=C(c1ccc(OC(F)(F)F)cc1)N1CCC(c2ccnc3[nH]c4c(c23)CCOCC4)CC1. The number of amides is 1. The third kappa shape index (κ3) is 4.55. The van der Waals surface area contributed by atoms with E-state index < -0.39 is 6.36 Å². The number of benzene rings is 1. The van der Waals surface area contributed by atoms with Crippen LogP contribution >= 0.6 is 0 Å². The first-order valence-corrected chi connectivity index (χ1v) is 11.1. The Hall–Kier alpha value is -3.07. The molecule has 0 spiro atoms. The standard InChI is InChI=1S/C24H24F3N3O3/c25-24(26,27)33-17-3-1-16(2-4-17)23(31)30-11-6-15(7-12-30)18-5-10-28-22-21(18)19-8-13-32-14-9-20(19)29-22/h1-5,10,15H,6-9,11-14H2,(H,28,29). The Morgan fingerprint density at radius 1 is 1.09 bits per heavy atom. The number of nitrogens with zero attached hydrogens (tertiary/aromatic N) is 2. The van der Waals surface area contributed by atoms with E-state index in [0.29, 0.717) is 37.8 Å². The monoisotopic (exact) mass is 459 g/mol. The highest BCUT2D eigenvalue weighted by Crippen LogP contribution is 2.36. The number of fused-ring (bicyclic) bond motifs is 3. The summed E-state index contributed by atoms with van der Waals surface area (Å²) in [6.45, 7) is 2.58. The molecule has 6 nitrogen and oxygen atoms in total. The lowest BCUT2D eigenvalue weighted by Gasteiger charge is -2.32. The predicted molar refractivity (Wildman–Crippen MR) is 115 cm³/mol. The average Bonchev–Trinajstić information content (AvgIpc) is 2.99. The molecule has 9 heteroatoms. The molecular formula is C24H24F3N3O3. The van der Waals surface area contributed by atoms with E-state index in [1.54, 1.807) is 4.90 Å². The Morgan fingerprint density at radius 3 is 2.55 bits per heavy atom. The molecule has 2 aliphatic heterocycles. The number of likely N-dealkylation sites (tertiary alicyclic amines) is 1. The molecule has 0 saturated carbocycles. The van der Waals surface area contributed by atoms with Crippen molar-refractivity contribution in [2.75, 3.05) is 26.3 Å². The molecule has 0 bridgehead atoms. The van der Waals surface area contributed by atoms with Crippen molar-refractivity contribution in [3.63, 3.8) is 0 Å². The Balaban J connectivity index is 1.29. The fraction of sp³-hybridized carbons (Fsp3) is 0.417. The van der Waals surface area contributed by atoms with Crippen molar-refractivity contribution in [3.05, 3.63) is 58.9 Å². The Bertz CT molecular complexity index is 1150. The highest BCUT2D eigenvalue weighted by Gasteiger charge is 2.31. The minimum Gasteiger partial charge on any atom is -0.406 e. The fourth-order valence-electron chi connectivity index (χ4n) is 4.91. The van der Waals surface area contributed by atoms with Crippen molar-refractivity contribution in [1.29, 1.82) is 0 Å². The van der Waals surface area contributed by atoms with Gasteiger partial charge < -0.3 is 19.4 Å². The molecule has 3 aromatic rings.